The molecule has 0 saturated carbocycles. The molecule has 29 heavy (non-hydrogen) atoms. The molecule has 1 amide bonds. The fourth-order valence-electron chi connectivity index (χ4n) is 4.40. The number of hydrogen-bond donors (Lipinski definition) is 2. The van der Waals surface area contributed by atoms with Gasteiger partial charge in [-0.15, -0.1) is 0 Å². The van der Waals surface area contributed by atoms with Crippen LogP contribution in [0, 0.1) is 11.3 Å². The molecule has 3 rings (SSSR count). The van der Waals surface area contributed by atoms with E-state index in [1.165, 1.54) is 17.5 Å². The second kappa shape index (κ2) is 9.61. The van der Waals surface area contributed by atoms with E-state index in [2.05, 4.69) is 60.2 Å². The van der Waals surface area contributed by atoms with Gasteiger partial charge >= 0.3 is 0 Å². The summed E-state index contributed by atoms with van der Waals surface area (Å²) in [6.45, 7) is 13.1. The molecule has 6 nitrogen and oxygen atoms in total. The molecule has 3 N–H and O–H groups in total. The van der Waals surface area contributed by atoms with E-state index in [4.69, 9.17) is 10.7 Å². The van der Waals surface area contributed by atoms with Gasteiger partial charge in [0.15, 0.2) is 5.96 Å². The van der Waals surface area contributed by atoms with Gasteiger partial charge in [0.25, 0.3) is 0 Å². The van der Waals surface area contributed by atoms with Crippen molar-refractivity contribution in [1.82, 2.24) is 15.1 Å². The van der Waals surface area contributed by atoms with Gasteiger partial charge in [-0.2, -0.15) is 0 Å². The molecular formula is C23H37N5O. The summed E-state index contributed by atoms with van der Waals surface area (Å²) < 4.78 is 0. The summed E-state index contributed by atoms with van der Waals surface area (Å²) in [6.07, 6.45) is 3.16. The normalized spacial score (nSPS) is 22.7. The van der Waals surface area contributed by atoms with Crippen molar-refractivity contribution in [2.45, 2.75) is 53.1 Å². The number of likely N-dealkylation sites (tertiary alicyclic amines) is 2. The van der Waals surface area contributed by atoms with Gasteiger partial charge in [-0.25, -0.2) is 4.99 Å². The first-order valence-electron chi connectivity index (χ1n) is 11.0. The third-order valence-electron chi connectivity index (χ3n) is 6.03. The molecule has 2 heterocycles. The summed E-state index contributed by atoms with van der Waals surface area (Å²) in [5.74, 6) is 0.839. The maximum atomic E-state index is 11.5. The van der Waals surface area contributed by atoms with Crippen LogP contribution in [0.2, 0.25) is 0 Å². The molecule has 0 aromatic heterocycles. The second-order valence-electron chi connectivity index (χ2n) is 9.30. The van der Waals surface area contributed by atoms with E-state index >= 15 is 0 Å². The second-order valence-corrected chi connectivity index (χ2v) is 9.30. The van der Waals surface area contributed by atoms with Gasteiger partial charge in [0.1, 0.15) is 0 Å². The third kappa shape index (κ3) is 6.20. The van der Waals surface area contributed by atoms with E-state index in [1.54, 1.807) is 0 Å². The number of primary amides is 1. The number of carbonyl (C=O) groups excluding carboxylic acids is 1. The topological polar surface area (TPSA) is 74.0 Å². The SMILES string of the molecule is CCNC(=NCc1cccc(CN2CCCC(C(N)=O)C2)c1)N1CCC(C)(C)C1. The largest absolute Gasteiger partial charge is 0.369 e. The smallest absolute Gasteiger partial charge is 0.221 e. The van der Waals surface area contributed by atoms with Gasteiger partial charge in [0, 0.05) is 32.7 Å². The van der Waals surface area contributed by atoms with E-state index in [1.807, 2.05) is 0 Å². The number of nitrogens with zero attached hydrogens (tertiary/aromatic N) is 3. The van der Waals surface area contributed by atoms with Crippen LogP contribution >= 0.6 is 0 Å². The summed E-state index contributed by atoms with van der Waals surface area (Å²) in [4.78, 5) is 21.2. The van der Waals surface area contributed by atoms with E-state index in [-0.39, 0.29) is 11.8 Å². The fourth-order valence-corrected chi connectivity index (χ4v) is 4.40. The van der Waals surface area contributed by atoms with Crippen LogP contribution in [0.25, 0.3) is 0 Å². The molecule has 2 aliphatic rings. The van der Waals surface area contributed by atoms with Gasteiger partial charge in [0.2, 0.25) is 5.91 Å². The number of nitrogens with one attached hydrogen (secondary N) is 1. The quantitative estimate of drug-likeness (QED) is 0.570. The van der Waals surface area contributed by atoms with Crippen LogP contribution in [0.1, 0.15) is 51.2 Å². The number of rotatable bonds is 6. The van der Waals surface area contributed by atoms with Crippen molar-refractivity contribution < 1.29 is 4.79 Å². The van der Waals surface area contributed by atoms with E-state index < -0.39 is 0 Å². The Labute approximate surface area is 175 Å². The minimum absolute atomic E-state index is 0.0103. The van der Waals surface area contributed by atoms with Crippen LogP contribution in [0.3, 0.4) is 0 Å². The molecule has 2 aliphatic heterocycles. The lowest BCUT2D eigenvalue weighted by Crippen LogP contribution is -2.40. The Balaban J connectivity index is 1.62. The van der Waals surface area contributed by atoms with Crippen LogP contribution < -0.4 is 11.1 Å². The average Bonchev–Trinajstić information content (AvgIpc) is 3.05. The lowest BCUT2D eigenvalue weighted by atomic mass is 9.93. The van der Waals surface area contributed by atoms with E-state index in [9.17, 15) is 4.79 Å². The molecule has 0 aliphatic carbocycles. The lowest BCUT2D eigenvalue weighted by Gasteiger charge is -2.31. The van der Waals surface area contributed by atoms with Crippen molar-refractivity contribution in [3.8, 4) is 0 Å². The van der Waals surface area contributed by atoms with Crippen LogP contribution in [0.15, 0.2) is 29.3 Å². The Kier molecular flexibility index (Phi) is 7.17. The minimum atomic E-state index is -0.168. The first-order chi connectivity index (χ1) is 13.9. The van der Waals surface area contributed by atoms with Crippen LogP contribution in [0.5, 0.6) is 0 Å². The number of hydrogen-bond acceptors (Lipinski definition) is 3. The zero-order valence-electron chi connectivity index (χ0n) is 18.3. The fraction of sp³-hybridized carbons (Fsp3) is 0.652. The molecule has 1 unspecified atom stereocenters. The van der Waals surface area contributed by atoms with Gasteiger partial charge < -0.3 is 16.0 Å². The molecule has 0 bridgehead atoms. The Morgan fingerprint density at radius 3 is 2.79 bits per heavy atom. The molecule has 1 aromatic carbocycles. The number of piperidine rings is 1. The standard InChI is InChI=1S/C23H37N5O/c1-4-25-22(28-12-10-23(2,3)17-28)26-14-18-7-5-8-19(13-18)15-27-11-6-9-20(16-27)21(24)29/h5,7-8,13,20H,4,6,9-12,14-17H2,1-3H3,(H2,24,29)(H,25,26). The first-order valence-corrected chi connectivity index (χ1v) is 11.0. The molecule has 6 heteroatoms. The monoisotopic (exact) mass is 399 g/mol. The number of amides is 1. The molecule has 2 fully saturated rings. The Hall–Kier alpha value is -2.08. The predicted molar refractivity (Wildman–Crippen MR) is 118 cm³/mol. The third-order valence-corrected chi connectivity index (χ3v) is 6.03. The number of aliphatic imine (C=N–C) groups is 1. The van der Waals surface area contributed by atoms with Gasteiger partial charge in [0.05, 0.1) is 12.5 Å². The molecule has 0 spiro atoms. The average molecular weight is 400 g/mol. The van der Waals surface area contributed by atoms with Crippen molar-refractivity contribution in [3.63, 3.8) is 0 Å². The number of guanidine groups is 1. The molecular weight excluding hydrogens is 362 g/mol. The van der Waals surface area contributed by atoms with E-state index in [0.29, 0.717) is 12.0 Å². The Morgan fingerprint density at radius 1 is 1.31 bits per heavy atom. The molecule has 1 atom stereocenters. The zero-order chi connectivity index (χ0) is 20.9. The van der Waals surface area contributed by atoms with Crippen LogP contribution in [0.4, 0.5) is 0 Å². The minimum Gasteiger partial charge on any atom is -0.369 e. The van der Waals surface area contributed by atoms with Gasteiger partial charge in [-0.3, -0.25) is 9.69 Å². The summed E-state index contributed by atoms with van der Waals surface area (Å²) in [6, 6.07) is 8.67. The highest BCUT2D eigenvalue weighted by atomic mass is 16.1. The summed E-state index contributed by atoms with van der Waals surface area (Å²) in [5, 5.41) is 3.45. The van der Waals surface area contributed by atoms with Crippen LogP contribution in [-0.2, 0) is 17.9 Å². The summed E-state index contributed by atoms with van der Waals surface area (Å²) >= 11 is 0. The number of nitrogens with two attached hydrogens (primary N) is 1. The highest BCUT2D eigenvalue weighted by Crippen LogP contribution is 2.28. The summed E-state index contributed by atoms with van der Waals surface area (Å²) in [7, 11) is 0. The Bertz CT molecular complexity index is 730. The maximum absolute atomic E-state index is 11.5. The number of carbonyl (C=O) groups is 1. The van der Waals surface area contributed by atoms with Gasteiger partial charge in [-0.05, 0) is 49.3 Å². The van der Waals surface area contributed by atoms with Crippen molar-refractivity contribution >= 4 is 11.9 Å². The highest BCUT2D eigenvalue weighted by Gasteiger charge is 2.30. The predicted octanol–water partition coefficient (Wildman–Crippen LogP) is 2.58. The molecule has 2 saturated heterocycles. The van der Waals surface area contributed by atoms with Crippen LogP contribution in [-0.4, -0.2) is 54.4 Å². The van der Waals surface area contributed by atoms with Crippen molar-refractivity contribution in [1.29, 1.82) is 0 Å². The summed E-state index contributed by atoms with van der Waals surface area (Å²) in [5.41, 5.74) is 8.37. The Morgan fingerprint density at radius 2 is 2.10 bits per heavy atom. The van der Waals surface area contributed by atoms with Gasteiger partial charge in [-0.1, -0.05) is 38.1 Å². The van der Waals surface area contributed by atoms with Crippen molar-refractivity contribution in [2.75, 3.05) is 32.7 Å². The zero-order valence-corrected chi connectivity index (χ0v) is 18.3. The highest BCUT2D eigenvalue weighted by molar-refractivity contribution is 5.80. The molecule has 160 valence electrons. The maximum Gasteiger partial charge on any atom is 0.221 e. The first kappa shape index (κ1) is 21.6. The van der Waals surface area contributed by atoms with Crippen molar-refractivity contribution in [3.05, 3.63) is 35.4 Å². The molecule has 1 aromatic rings. The lowest BCUT2D eigenvalue weighted by molar-refractivity contribution is -0.123. The molecule has 0 radical (unpaired) electrons. The van der Waals surface area contributed by atoms with E-state index in [0.717, 1.165) is 58.1 Å². The number of benzene rings is 1. The van der Waals surface area contributed by atoms with Crippen molar-refractivity contribution in [2.24, 2.45) is 22.1 Å².